The number of pyridine rings is 1. The summed E-state index contributed by atoms with van der Waals surface area (Å²) in [6.07, 6.45) is 5.69. The molecule has 22 heavy (non-hydrogen) atoms. The summed E-state index contributed by atoms with van der Waals surface area (Å²) in [5.74, 6) is 1.84. The van der Waals surface area contributed by atoms with E-state index in [4.69, 9.17) is 9.47 Å². The normalized spacial score (nSPS) is 20.3. The molecule has 1 aliphatic heterocycles. The second-order valence-electron chi connectivity index (χ2n) is 5.55. The molecule has 1 aromatic heterocycles. The summed E-state index contributed by atoms with van der Waals surface area (Å²) in [4.78, 5) is 4.13. The minimum atomic E-state index is 0.0988. The van der Waals surface area contributed by atoms with E-state index in [1.54, 1.807) is 14.2 Å². The highest BCUT2D eigenvalue weighted by atomic mass is 16.5. The van der Waals surface area contributed by atoms with Gasteiger partial charge in [0, 0.05) is 29.6 Å². The first-order valence-corrected chi connectivity index (χ1v) is 7.68. The Morgan fingerprint density at radius 3 is 2.41 bits per heavy atom. The largest absolute Gasteiger partial charge is 0.496 e. The molecular weight excluding hydrogens is 276 g/mol. The van der Waals surface area contributed by atoms with Crippen molar-refractivity contribution in [2.45, 2.75) is 31.8 Å². The first kappa shape index (κ1) is 14.9. The number of hydrogen-bond acceptors (Lipinski definition) is 4. The molecule has 4 nitrogen and oxygen atoms in total. The van der Waals surface area contributed by atoms with E-state index in [-0.39, 0.29) is 6.04 Å². The number of rotatable bonds is 4. The predicted molar refractivity (Wildman–Crippen MR) is 86.5 cm³/mol. The number of hydrogen-bond donors (Lipinski definition) is 1. The van der Waals surface area contributed by atoms with Gasteiger partial charge in [0.2, 0.25) is 0 Å². The molecule has 2 heterocycles. The molecule has 0 aliphatic carbocycles. The van der Waals surface area contributed by atoms with Crippen LogP contribution >= 0.6 is 0 Å². The Morgan fingerprint density at radius 2 is 1.77 bits per heavy atom. The molecule has 1 N–H and O–H groups in total. The van der Waals surface area contributed by atoms with Gasteiger partial charge in [-0.25, -0.2) is 0 Å². The van der Waals surface area contributed by atoms with Crippen LogP contribution in [-0.4, -0.2) is 25.2 Å². The van der Waals surface area contributed by atoms with Crippen molar-refractivity contribution in [3.63, 3.8) is 0 Å². The summed E-state index contributed by atoms with van der Waals surface area (Å²) in [6, 6.07) is 8.61. The number of ether oxygens (including phenoxy) is 2. The van der Waals surface area contributed by atoms with Gasteiger partial charge in [0.25, 0.3) is 0 Å². The van der Waals surface area contributed by atoms with Gasteiger partial charge >= 0.3 is 0 Å². The molecule has 0 saturated heterocycles. The number of benzene rings is 1. The van der Waals surface area contributed by atoms with E-state index in [1.807, 2.05) is 24.5 Å². The standard InChI is InChI=1S/C18H22N2O2/c1-4-13-11-14-15(21-2)5-6-16(22-3)17(14)18(20-13)12-7-9-19-10-8-12/h5-10,13,18,20H,4,11H2,1-3H3. The summed E-state index contributed by atoms with van der Waals surface area (Å²) < 4.78 is 11.2. The molecule has 2 unspecified atom stereocenters. The topological polar surface area (TPSA) is 43.4 Å². The van der Waals surface area contributed by atoms with Crippen LogP contribution in [0.2, 0.25) is 0 Å². The average molecular weight is 298 g/mol. The van der Waals surface area contributed by atoms with Crippen LogP contribution in [0.3, 0.4) is 0 Å². The molecule has 0 amide bonds. The SMILES string of the molecule is CCC1Cc2c(OC)ccc(OC)c2C(c2ccncc2)N1. The Kier molecular flexibility index (Phi) is 4.29. The number of nitrogens with one attached hydrogen (secondary N) is 1. The second kappa shape index (κ2) is 6.36. The van der Waals surface area contributed by atoms with Gasteiger partial charge in [-0.05, 0) is 42.7 Å². The molecule has 2 aromatic rings. The lowest BCUT2D eigenvalue weighted by Gasteiger charge is -2.35. The lowest BCUT2D eigenvalue weighted by Crippen LogP contribution is -2.40. The quantitative estimate of drug-likeness (QED) is 0.942. The highest BCUT2D eigenvalue weighted by Gasteiger charge is 2.31. The molecule has 0 fully saturated rings. The van der Waals surface area contributed by atoms with Gasteiger partial charge < -0.3 is 14.8 Å². The Bertz CT molecular complexity index is 643. The van der Waals surface area contributed by atoms with Crippen LogP contribution in [0.25, 0.3) is 0 Å². The molecule has 0 bridgehead atoms. The van der Waals surface area contributed by atoms with Crippen molar-refractivity contribution < 1.29 is 9.47 Å². The van der Waals surface area contributed by atoms with Gasteiger partial charge in [0.1, 0.15) is 11.5 Å². The summed E-state index contributed by atoms with van der Waals surface area (Å²) in [7, 11) is 3.45. The smallest absolute Gasteiger partial charge is 0.124 e. The highest BCUT2D eigenvalue weighted by Crippen LogP contribution is 2.41. The maximum absolute atomic E-state index is 5.62. The lowest BCUT2D eigenvalue weighted by atomic mass is 9.85. The van der Waals surface area contributed by atoms with Crippen LogP contribution in [0.5, 0.6) is 11.5 Å². The summed E-state index contributed by atoms with van der Waals surface area (Å²) >= 11 is 0. The lowest BCUT2D eigenvalue weighted by molar-refractivity contribution is 0.360. The Labute approximate surface area is 131 Å². The minimum Gasteiger partial charge on any atom is -0.496 e. The van der Waals surface area contributed by atoms with Gasteiger partial charge in [0.15, 0.2) is 0 Å². The van der Waals surface area contributed by atoms with E-state index in [2.05, 4.69) is 29.4 Å². The summed E-state index contributed by atoms with van der Waals surface area (Å²) in [6.45, 7) is 2.21. The van der Waals surface area contributed by atoms with Crippen LogP contribution in [0.1, 0.15) is 36.1 Å². The minimum absolute atomic E-state index is 0.0988. The van der Waals surface area contributed by atoms with Crippen LogP contribution in [0.4, 0.5) is 0 Å². The predicted octanol–water partition coefficient (Wildman–Crippen LogP) is 3.11. The van der Waals surface area contributed by atoms with E-state index in [9.17, 15) is 0 Å². The number of aromatic nitrogens is 1. The van der Waals surface area contributed by atoms with Crippen LogP contribution in [0.15, 0.2) is 36.7 Å². The molecule has 0 spiro atoms. The molecule has 1 aromatic carbocycles. The zero-order valence-electron chi connectivity index (χ0n) is 13.3. The fraction of sp³-hybridized carbons (Fsp3) is 0.389. The first-order valence-electron chi connectivity index (χ1n) is 7.68. The van der Waals surface area contributed by atoms with E-state index >= 15 is 0 Å². The number of fused-ring (bicyclic) bond motifs is 1. The second-order valence-corrected chi connectivity index (χ2v) is 5.55. The molecular formula is C18H22N2O2. The van der Waals surface area contributed by atoms with E-state index in [1.165, 1.54) is 16.7 Å². The molecule has 0 radical (unpaired) electrons. The maximum Gasteiger partial charge on any atom is 0.124 e. The van der Waals surface area contributed by atoms with Gasteiger partial charge in [-0.3, -0.25) is 4.98 Å². The molecule has 4 heteroatoms. The monoisotopic (exact) mass is 298 g/mol. The zero-order valence-corrected chi connectivity index (χ0v) is 13.3. The third kappa shape index (κ3) is 2.55. The van der Waals surface area contributed by atoms with Gasteiger partial charge in [-0.1, -0.05) is 6.92 Å². The van der Waals surface area contributed by atoms with Crippen molar-refractivity contribution in [1.82, 2.24) is 10.3 Å². The Morgan fingerprint density at radius 1 is 1.09 bits per heavy atom. The fourth-order valence-corrected chi connectivity index (χ4v) is 3.22. The fourth-order valence-electron chi connectivity index (χ4n) is 3.22. The van der Waals surface area contributed by atoms with Gasteiger partial charge in [-0.15, -0.1) is 0 Å². The third-order valence-corrected chi connectivity index (χ3v) is 4.39. The molecule has 2 atom stereocenters. The van der Waals surface area contributed by atoms with Crippen molar-refractivity contribution in [3.05, 3.63) is 53.3 Å². The molecule has 3 rings (SSSR count). The molecule has 1 aliphatic rings. The van der Waals surface area contributed by atoms with Crippen molar-refractivity contribution in [2.75, 3.05) is 14.2 Å². The van der Waals surface area contributed by atoms with E-state index < -0.39 is 0 Å². The van der Waals surface area contributed by atoms with Crippen LogP contribution in [-0.2, 0) is 6.42 Å². The Balaban J connectivity index is 2.17. The third-order valence-electron chi connectivity index (χ3n) is 4.39. The first-order chi connectivity index (χ1) is 10.8. The van der Waals surface area contributed by atoms with Gasteiger partial charge in [-0.2, -0.15) is 0 Å². The Hall–Kier alpha value is -2.07. The average Bonchev–Trinajstić information content (AvgIpc) is 2.60. The van der Waals surface area contributed by atoms with Crippen LogP contribution < -0.4 is 14.8 Å². The van der Waals surface area contributed by atoms with Gasteiger partial charge in [0.05, 0.1) is 20.3 Å². The van der Waals surface area contributed by atoms with E-state index in [0.717, 1.165) is 24.3 Å². The van der Waals surface area contributed by atoms with Crippen molar-refractivity contribution in [1.29, 1.82) is 0 Å². The zero-order chi connectivity index (χ0) is 15.5. The molecule has 116 valence electrons. The van der Waals surface area contributed by atoms with Crippen molar-refractivity contribution >= 4 is 0 Å². The summed E-state index contributed by atoms with van der Waals surface area (Å²) in [5, 5.41) is 3.74. The van der Waals surface area contributed by atoms with Crippen molar-refractivity contribution in [2.24, 2.45) is 0 Å². The summed E-state index contributed by atoms with van der Waals surface area (Å²) in [5.41, 5.74) is 3.62. The van der Waals surface area contributed by atoms with Crippen molar-refractivity contribution in [3.8, 4) is 11.5 Å². The molecule has 0 saturated carbocycles. The maximum atomic E-state index is 5.62. The van der Waals surface area contributed by atoms with Crippen LogP contribution in [0, 0.1) is 0 Å². The number of methoxy groups -OCH3 is 2. The highest BCUT2D eigenvalue weighted by molar-refractivity contribution is 5.54. The number of nitrogens with zero attached hydrogens (tertiary/aromatic N) is 1. The van der Waals surface area contributed by atoms with E-state index in [0.29, 0.717) is 6.04 Å².